The molecule has 86 valence electrons. The van der Waals surface area contributed by atoms with Crippen LogP contribution in [0.1, 0.15) is 45.4 Å². The van der Waals surface area contributed by atoms with Crippen LogP contribution in [0.5, 0.6) is 0 Å². The molecule has 0 heterocycles. The first-order valence-electron chi connectivity index (χ1n) is 6.24. The van der Waals surface area contributed by atoms with Crippen molar-refractivity contribution in [2.45, 2.75) is 57.5 Å². The summed E-state index contributed by atoms with van der Waals surface area (Å²) in [6.45, 7) is 2.34. The molecule has 3 nitrogen and oxygen atoms in total. The highest BCUT2D eigenvalue weighted by Crippen LogP contribution is 2.28. The van der Waals surface area contributed by atoms with Crippen molar-refractivity contribution in [3.8, 4) is 0 Å². The largest absolute Gasteiger partial charge is 0.370 e. The average Bonchev–Trinajstić information content (AvgIpc) is 3.01. The summed E-state index contributed by atoms with van der Waals surface area (Å²) in [5.74, 6) is 1.52. The number of nitrogens with zero attached hydrogens (tertiary/aromatic N) is 2. The SMILES string of the molecule is CC1CCCCC1N(C)C(N)=NC1CC1. The van der Waals surface area contributed by atoms with Crippen LogP contribution in [0.4, 0.5) is 0 Å². The van der Waals surface area contributed by atoms with Crippen LogP contribution in [0.2, 0.25) is 0 Å². The summed E-state index contributed by atoms with van der Waals surface area (Å²) in [4.78, 5) is 6.73. The minimum absolute atomic E-state index is 0.534. The number of aliphatic imine (C=N–C) groups is 1. The number of hydrogen-bond acceptors (Lipinski definition) is 1. The Bertz CT molecular complexity index is 245. The summed E-state index contributed by atoms with van der Waals surface area (Å²) in [6.07, 6.45) is 7.80. The van der Waals surface area contributed by atoms with E-state index in [1.165, 1.54) is 38.5 Å². The first-order valence-corrected chi connectivity index (χ1v) is 6.24. The fourth-order valence-electron chi connectivity index (χ4n) is 2.52. The Labute approximate surface area is 92.7 Å². The molecule has 2 aliphatic carbocycles. The molecule has 2 atom stereocenters. The van der Waals surface area contributed by atoms with E-state index in [-0.39, 0.29) is 0 Å². The van der Waals surface area contributed by atoms with Gasteiger partial charge in [-0.2, -0.15) is 0 Å². The smallest absolute Gasteiger partial charge is 0.191 e. The standard InChI is InChI=1S/C12H23N3/c1-9-5-3-4-6-11(9)15(2)12(13)14-10-7-8-10/h9-11H,3-8H2,1-2H3,(H2,13,14). The molecule has 2 unspecified atom stereocenters. The highest BCUT2D eigenvalue weighted by Gasteiger charge is 2.27. The van der Waals surface area contributed by atoms with Crippen LogP contribution < -0.4 is 5.73 Å². The van der Waals surface area contributed by atoms with Gasteiger partial charge in [0.25, 0.3) is 0 Å². The van der Waals surface area contributed by atoms with E-state index in [1.807, 2.05) is 0 Å². The highest BCUT2D eigenvalue weighted by atomic mass is 15.3. The monoisotopic (exact) mass is 209 g/mol. The van der Waals surface area contributed by atoms with Crippen molar-refractivity contribution in [1.82, 2.24) is 4.90 Å². The van der Waals surface area contributed by atoms with Gasteiger partial charge in [-0.25, -0.2) is 4.99 Å². The molecule has 2 fully saturated rings. The second-order valence-electron chi connectivity index (χ2n) is 5.16. The quantitative estimate of drug-likeness (QED) is 0.558. The molecule has 2 aliphatic rings. The molecule has 2 saturated carbocycles. The van der Waals surface area contributed by atoms with Gasteiger partial charge in [-0.1, -0.05) is 19.8 Å². The van der Waals surface area contributed by atoms with Gasteiger partial charge in [0.2, 0.25) is 0 Å². The molecule has 0 saturated heterocycles. The molecule has 3 heteroatoms. The van der Waals surface area contributed by atoms with Gasteiger partial charge >= 0.3 is 0 Å². The van der Waals surface area contributed by atoms with E-state index >= 15 is 0 Å². The van der Waals surface area contributed by atoms with Crippen molar-refractivity contribution in [3.63, 3.8) is 0 Å². The molecule has 0 radical (unpaired) electrons. The van der Waals surface area contributed by atoms with Crippen LogP contribution in [-0.2, 0) is 0 Å². The maximum absolute atomic E-state index is 6.03. The Morgan fingerprint density at radius 1 is 1.20 bits per heavy atom. The van der Waals surface area contributed by atoms with Crippen molar-refractivity contribution in [2.75, 3.05) is 7.05 Å². The van der Waals surface area contributed by atoms with E-state index < -0.39 is 0 Å². The summed E-state index contributed by atoms with van der Waals surface area (Å²) in [5.41, 5.74) is 6.03. The second kappa shape index (κ2) is 4.42. The lowest BCUT2D eigenvalue weighted by molar-refractivity contribution is 0.203. The number of hydrogen-bond donors (Lipinski definition) is 1. The Morgan fingerprint density at radius 2 is 1.87 bits per heavy atom. The zero-order chi connectivity index (χ0) is 10.8. The van der Waals surface area contributed by atoms with Crippen LogP contribution in [0.3, 0.4) is 0 Å². The molecule has 0 amide bonds. The van der Waals surface area contributed by atoms with Crippen LogP contribution in [0.15, 0.2) is 4.99 Å². The van der Waals surface area contributed by atoms with Crippen LogP contribution in [-0.4, -0.2) is 30.0 Å². The van der Waals surface area contributed by atoms with E-state index in [0.717, 1.165) is 11.9 Å². The van der Waals surface area contributed by atoms with Gasteiger partial charge in [0.15, 0.2) is 5.96 Å². The molecule has 0 aliphatic heterocycles. The fraction of sp³-hybridized carbons (Fsp3) is 0.917. The van der Waals surface area contributed by atoms with E-state index in [0.29, 0.717) is 12.1 Å². The molecule has 0 aromatic carbocycles. The Hall–Kier alpha value is -0.730. The number of nitrogens with two attached hydrogens (primary N) is 1. The second-order valence-corrected chi connectivity index (χ2v) is 5.16. The zero-order valence-electron chi connectivity index (χ0n) is 9.95. The van der Waals surface area contributed by atoms with Gasteiger partial charge in [0.05, 0.1) is 6.04 Å². The fourth-order valence-corrected chi connectivity index (χ4v) is 2.52. The molecule has 0 aromatic heterocycles. The van der Waals surface area contributed by atoms with E-state index in [9.17, 15) is 0 Å². The van der Waals surface area contributed by atoms with Gasteiger partial charge in [-0.15, -0.1) is 0 Å². The van der Waals surface area contributed by atoms with E-state index in [1.54, 1.807) is 0 Å². The lowest BCUT2D eigenvalue weighted by Crippen LogP contribution is -2.46. The Morgan fingerprint density at radius 3 is 2.47 bits per heavy atom. The molecule has 0 bridgehead atoms. The van der Waals surface area contributed by atoms with Crippen LogP contribution >= 0.6 is 0 Å². The minimum atomic E-state index is 0.534. The maximum Gasteiger partial charge on any atom is 0.191 e. The third kappa shape index (κ3) is 2.64. The Kier molecular flexibility index (Phi) is 3.17. The first kappa shape index (κ1) is 10.8. The predicted molar refractivity (Wildman–Crippen MR) is 63.8 cm³/mol. The Balaban J connectivity index is 1.95. The first-order chi connectivity index (χ1) is 7.18. The third-order valence-electron chi connectivity index (χ3n) is 3.79. The topological polar surface area (TPSA) is 41.6 Å². The van der Waals surface area contributed by atoms with Crippen LogP contribution in [0, 0.1) is 5.92 Å². The summed E-state index contributed by atoms with van der Waals surface area (Å²) in [7, 11) is 2.10. The summed E-state index contributed by atoms with van der Waals surface area (Å²) in [6, 6.07) is 1.15. The van der Waals surface area contributed by atoms with Gasteiger partial charge < -0.3 is 10.6 Å². The van der Waals surface area contributed by atoms with Crippen LogP contribution in [0.25, 0.3) is 0 Å². The minimum Gasteiger partial charge on any atom is -0.370 e. The summed E-state index contributed by atoms with van der Waals surface area (Å²) in [5, 5.41) is 0. The van der Waals surface area contributed by atoms with Gasteiger partial charge in [-0.3, -0.25) is 0 Å². The zero-order valence-corrected chi connectivity index (χ0v) is 9.95. The molecule has 0 aromatic rings. The van der Waals surface area contributed by atoms with Crippen molar-refractivity contribution < 1.29 is 0 Å². The lowest BCUT2D eigenvalue weighted by Gasteiger charge is -2.36. The molecule has 0 spiro atoms. The normalized spacial score (nSPS) is 32.8. The summed E-state index contributed by atoms with van der Waals surface area (Å²) < 4.78 is 0. The number of guanidine groups is 1. The van der Waals surface area contributed by atoms with Gasteiger partial charge in [-0.05, 0) is 31.6 Å². The molecular weight excluding hydrogens is 186 g/mol. The maximum atomic E-state index is 6.03. The van der Waals surface area contributed by atoms with Crippen molar-refractivity contribution in [1.29, 1.82) is 0 Å². The number of rotatable bonds is 2. The predicted octanol–water partition coefficient (Wildman–Crippen LogP) is 1.97. The lowest BCUT2D eigenvalue weighted by atomic mass is 9.85. The van der Waals surface area contributed by atoms with Gasteiger partial charge in [0.1, 0.15) is 0 Å². The van der Waals surface area contributed by atoms with Crippen molar-refractivity contribution in [3.05, 3.63) is 0 Å². The van der Waals surface area contributed by atoms with Crippen molar-refractivity contribution >= 4 is 5.96 Å². The van der Waals surface area contributed by atoms with E-state index in [4.69, 9.17) is 5.73 Å². The molecule has 2 rings (SSSR count). The van der Waals surface area contributed by atoms with E-state index in [2.05, 4.69) is 23.9 Å². The molecule has 2 N–H and O–H groups in total. The average molecular weight is 209 g/mol. The van der Waals surface area contributed by atoms with Gasteiger partial charge in [0, 0.05) is 13.1 Å². The molecule has 15 heavy (non-hydrogen) atoms. The summed E-state index contributed by atoms with van der Waals surface area (Å²) >= 11 is 0. The molecular formula is C12H23N3. The van der Waals surface area contributed by atoms with Crippen molar-refractivity contribution in [2.24, 2.45) is 16.6 Å². The third-order valence-corrected chi connectivity index (χ3v) is 3.79. The highest BCUT2D eigenvalue weighted by molar-refractivity contribution is 5.78.